The summed E-state index contributed by atoms with van der Waals surface area (Å²) in [5.41, 5.74) is 0.242. The molecule has 14 heavy (non-hydrogen) atoms. The lowest BCUT2D eigenvalue weighted by Gasteiger charge is -2.42. The second-order valence-electron chi connectivity index (χ2n) is 4.42. The van der Waals surface area contributed by atoms with Crippen LogP contribution >= 0.6 is 0 Å². The number of hydrogen-bond donors (Lipinski definition) is 1. The Hall–Kier alpha value is -0.0800. The van der Waals surface area contributed by atoms with Gasteiger partial charge in [0.05, 0.1) is 12.2 Å². The summed E-state index contributed by atoms with van der Waals surface area (Å²) in [6.07, 6.45) is 9.56. The van der Waals surface area contributed by atoms with Crippen molar-refractivity contribution in [3.05, 3.63) is 0 Å². The van der Waals surface area contributed by atoms with Crippen molar-refractivity contribution in [1.29, 1.82) is 0 Å². The molecule has 0 aromatic rings. The minimum atomic E-state index is 0.242. The number of hydrogen-bond acceptors (Lipinski definition) is 2. The predicted molar refractivity (Wildman–Crippen MR) is 58.4 cm³/mol. The first kappa shape index (κ1) is 12.0. The first-order valence-corrected chi connectivity index (χ1v) is 6.08. The van der Waals surface area contributed by atoms with Gasteiger partial charge in [-0.15, -0.1) is 0 Å². The van der Waals surface area contributed by atoms with Crippen molar-refractivity contribution in [3.63, 3.8) is 0 Å². The van der Waals surface area contributed by atoms with Gasteiger partial charge in [-0.05, 0) is 25.7 Å². The monoisotopic (exact) mass is 200 g/mol. The maximum atomic E-state index is 8.68. The Morgan fingerprint density at radius 3 is 2.36 bits per heavy atom. The second-order valence-corrected chi connectivity index (χ2v) is 4.42. The molecule has 1 unspecified atom stereocenters. The van der Waals surface area contributed by atoms with Crippen molar-refractivity contribution in [2.24, 2.45) is 0 Å². The van der Waals surface area contributed by atoms with E-state index in [0.717, 1.165) is 19.4 Å². The third kappa shape index (κ3) is 3.58. The Morgan fingerprint density at radius 1 is 1.14 bits per heavy atom. The van der Waals surface area contributed by atoms with Crippen molar-refractivity contribution < 1.29 is 9.84 Å². The molecule has 1 atom stereocenters. The molecule has 0 aliphatic carbocycles. The van der Waals surface area contributed by atoms with E-state index in [1.165, 1.54) is 38.5 Å². The fourth-order valence-corrected chi connectivity index (χ4v) is 2.14. The summed E-state index contributed by atoms with van der Waals surface area (Å²) in [5.74, 6) is 0. The van der Waals surface area contributed by atoms with Crippen LogP contribution in [0.4, 0.5) is 0 Å². The van der Waals surface area contributed by atoms with E-state index >= 15 is 0 Å². The van der Waals surface area contributed by atoms with E-state index < -0.39 is 0 Å². The number of aliphatic hydroxyl groups excluding tert-OH is 1. The highest BCUT2D eigenvalue weighted by Crippen LogP contribution is 2.36. The summed E-state index contributed by atoms with van der Waals surface area (Å²) in [6.45, 7) is 3.53. The van der Waals surface area contributed by atoms with E-state index in [1.54, 1.807) is 0 Å². The Bertz CT molecular complexity index is 141. The van der Waals surface area contributed by atoms with Crippen molar-refractivity contribution in [1.82, 2.24) is 0 Å². The van der Waals surface area contributed by atoms with Crippen LogP contribution in [0.2, 0.25) is 0 Å². The van der Waals surface area contributed by atoms with Crippen LogP contribution in [0, 0.1) is 0 Å². The maximum Gasteiger partial charge on any atom is 0.0704 e. The van der Waals surface area contributed by atoms with E-state index in [2.05, 4.69) is 6.92 Å². The summed E-state index contributed by atoms with van der Waals surface area (Å²) in [4.78, 5) is 0. The summed E-state index contributed by atoms with van der Waals surface area (Å²) in [6, 6.07) is 0. The molecule has 1 heterocycles. The van der Waals surface area contributed by atoms with Crippen LogP contribution in [0.5, 0.6) is 0 Å². The molecule has 1 saturated heterocycles. The molecule has 0 saturated carbocycles. The Kier molecular flexibility index (Phi) is 5.49. The molecular weight excluding hydrogens is 176 g/mol. The normalized spacial score (nSPS) is 26.1. The van der Waals surface area contributed by atoms with Crippen LogP contribution < -0.4 is 0 Å². The molecule has 0 aromatic heterocycles. The SMILES string of the molecule is CCCCC1(CCCCCO)CCO1. The zero-order valence-corrected chi connectivity index (χ0v) is 9.43. The lowest BCUT2D eigenvalue weighted by molar-refractivity contribution is -0.157. The molecule has 1 fully saturated rings. The zero-order valence-electron chi connectivity index (χ0n) is 9.43. The van der Waals surface area contributed by atoms with Gasteiger partial charge in [-0.2, -0.15) is 0 Å². The average Bonchev–Trinajstić information content (AvgIpc) is 2.15. The Morgan fingerprint density at radius 2 is 1.86 bits per heavy atom. The third-order valence-corrected chi connectivity index (χ3v) is 3.24. The lowest BCUT2D eigenvalue weighted by Crippen LogP contribution is -2.43. The minimum absolute atomic E-state index is 0.242. The van der Waals surface area contributed by atoms with Gasteiger partial charge in [0.1, 0.15) is 0 Å². The van der Waals surface area contributed by atoms with Gasteiger partial charge in [-0.25, -0.2) is 0 Å². The largest absolute Gasteiger partial charge is 0.396 e. The van der Waals surface area contributed by atoms with Crippen LogP contribution in [0.15, 0.2) is 0 Å². The molecular formula is C12H24O2. The first-order valence-electron chi connectivity index (χ1n) is 6.08. The minimum Gasteiger partial charge on any atom is -0.396 e. The fourth-order valence-electron chi connectivity index (χ4n) is 2.14. The first-order chi connectivity index (χ1) is 6.83. The van der Waals surface area contributed by atoms with E-state index in [-0.39, 0.29) is 5.60 Å². The lowest BCUT2D eigenvalue weighted by atomic mass is 9.84. The molecule has 0 radical (unpaired) electrons. The van der Waals surface area contributed by atoms with Gasteiger partial charge in [0.15, 0.2) is 0 Å². The molecule has 1 aliphatic heterocycles. The predicted octanol–water partition coefficient (Wildman–Crippen LogP) is 2.89. The molecule has 0 bridgehead atoms. The summed E-state index contributed by atoms with van der Waals surface area (Å²) >= 11 is 0. The topological polar surface area (TPSA) is 29.5 Å². The van der Waals surface area contributed by atoms with Gasteiger partial charge in [0.25, 0.3) is 0 Å². The average molecular weight is 200 g/mol. The molecule has 2 heteroatoms. The number of aliphatic hydroxyl groups is 1. The second kappa shape index (κ2) is 6.41. The van der Waals surface area contributed by atoms with E-state index in [1.807, 2.05) is 0 Å². The standard InChI is InChI=1S/C12H24O2/c1-2-3-7-12(9-11-14-12)8-5-4-6-10-13/h13H,2-11H2,1H3. The van der Waals surface area contributed by atoms with Gasteiger partial charge >= 0.3 is 0 Å². The fraction of sp³-hybridized carbons (Fsp3) is 1.00. The maximum absolute atomic E-state index is 8.68. The smallest absolute Gasteiger partial charge is 0.0704 e. The van der Waals surface area contributed by atoms with Crippen LogP contribution in [-0.2, 0) is 4.74 Å². The van der Waals surface area contributed by atoms with E-state index in [9.17, 15) is 0 Å². The molecule has 1 N–H and O–H groups in total. The van der Waals surface area contributed by atoms with Crippen molar-refractivity contribution in [3.8, 4) is 0 Å². The van der Waals surface area contributed by atoms with Crippen molar-refractivity contribution in [2.45, 2.75) is 63.9 Å². The molecule has 84 valence electrons. The highest BCUT2D eigenvalue weighted by atomic mass is 16.5. The summed E-state index contributed by atoms with van der Waals surface area (Å²) in [5, 5.41) is 8.68. The van der Waals surface area contributed by atoms with Gasteiger partial charge in [-0.1, -0.05) is 32.6 Å². The molecule has 1 aliphatic rings. The highest BCUT2D eigenvalue weighted by molar-refractivity contribution is 4.87. The van der Waals surface area contributed by atoms with Gasteiger partial charge in [-0.3, -0.25) is 0 Å². The molecule has 1 rings (SSSR count). The number of rotatable bonds is 8. The van der Waals surface area contributed by atoms with Gasteiger partial charge in [0, 0.05) is 6.61 Å². The van der Waals surface area contributed by atoms with E-state index in [0.29, 0.717) is 6.61 Å². The van der Waals surface area contributed by atoms with E-state index in [4.69, 9.17) is 9.84 Å². The molecule has 0 spiro atoms. The molecule has 0 aromatic carbocycles. The summed E-state index contributed by atoms with van der Waals surface area (Å²) < 4.78 is 5.74. The number of unbranched alkanes of at least 4 members (excludes halogenated alkanes) is 3. The van der Waals surface area contributed by atoms with Crippen LogP contribution in [0.3, 0.4) is 0 Å². The number of ether oxygens (including phenoxy) is 1. The zero-order chi connectivity index (χ0) is 10.3. The third-order valence-electron chi connectivity index (χ3n) is 3.24. The van der Waals surface area contributed by atoms with Crippen LogP contribution in [-0.4, -0.2) is 23.9 Å². The van der Waals surface area contributed by atoms with Crippen molar-refractivity contribution in [2.75, 3.05) is 13.2 Å². The summed E-state index contributed by atoms with van der Waals surface area (Å²) in [7, 11) is 0. The van der Waals surface area contributed by atoms with Crippen LogP contribution in [0.1, 0.15) is 58.3 Å². The highest BCUT2D eigenvalue weighted by Gasteiger charge is 2.36. The molecule has 0 amide bonds. The molecule has 2 nitrogen and oxygen atoms in total. The van der Waals surface area contributed by atoms with Gasteiger partial charge < -0.3 is 9.84 Å². The van der Waals surface area contributed by atoms with Gasteiger partial charge in [0.2, 0.25) is 0 Å². The van der Waals surface area contributed by atoms with Crippen molar-refractivity contribution >= 4 is 0 Å². The quantitative estimate of drug-likeness (QED) is 0.610. The van der Waals surface area contributed by atoms with Crippen LogP contribution in [0.25, 0.3) is 0 Å². The Labute approximate surface area is 87.7 Å². The Balaban J connectivity index is 2.10.